The minimum Gasteiger partial charge on any atom is -0.479 e. The van der Waals surface area contributed by atoms with E-state index < -0.39 is 48.2 Å². The molecule has 0 radical (unpaired) electrons. The number of carbonyl (C=O) groups excluding carboxylic acids is 5. The fourth-order valence-corrected chi connectivity index (χ4v) is 17.6. The molecule has 3 atom stereocenters. The number of rotatable bonds is 25. The van der Waals surface area contributed by atoms with Crippen LogP contribution >= 0.6 is 45.6 Å². The van der Waals surface area contributed by atoms with Gasteiger partial charge in [-0.15, -0.1) is 34.0 Å². The van der Waals surface area contributed by atoms with Crippen molar-refractivity contribution in [3.8, 4) is 20.9 Å². The van der Waals surface area contributed by atoms with Crippen LogP contribution in [0.5, 0.6) is 0 Å². The molecule has 9 rings (SSSR count). The number of benzene rings is 3. The summed E-state index contributed by atoms with van der Waals surface area (Å²) in [6.45, 7) is 43.6. The molecule has 3 aromatic carbocycles. The van der Waals surface area contributed by atoms with Crippen molar-refractivity contribution in [2.75, 3.05) is 38.5 Å². The zero-order valence-corrected chi connectivity index (χ0v) is 73.6. The van der Waals surface area contributed by atoms with Gasteiger partial charge in [0.25, 0.3) is 0 Å². The van der Waals surface area contributed by atoms with Gasteiger partial charge in [-0.05, 0) is 241 Å². The van der Waals surface area contributed by atoms with Crippen molar-refractivity contribution in [3.63, 3.8) is 0 Å². The first kappa shape index (κ1) is 93.3. The molecule has 0 saturated heterocycles. The fraction of sp³-hybridized carbons (Fsp3) is 0.512. The molecule has 598 valence electrons. The molecule has 3 aliphatic rings. The molecule has 3 aromatic heterocycles. The number of thiophene rings is 3. The number of esters is 2. The minimum absolute atomic E-state index is 0.241. The van der Waals surface area contributed by atoms with E-state index in [9.17, 15) is 33.9 Å². The molecular formula is C86H119BClIN3O14S3-. The first-order valence-corrected chi connectivity index (χ1v) is 43.9. The van der Waals surface area contributed by atoms with Gasteiger partial charge in [0.05, 0.1) is 30.0 Å². The molecule has 3 aliphatic carbocycles. The molecule has 6 N–H and O–H groups in total. The average Bonchev–Trinajstić information content (AvgIpc) is 1.64. The second-order valence-electron chi connectivity index (χ2n) is 32.6. The van der Waals surface area contributed by atoms with Crippen LogP contribution in [-0.4, -0.2) is 98.8 Å². The van der Waals surface area contributed by atoms with E-state index in [0.717, 1.165) is 142 Å². The van der Waals surface area contributed by atoms with Crippen molar-refractivity contribution < 1.29 is 88.8 Å². The van der Waals surface area contributed by atoms with Gasteiger partial charge in [0.1, 0.15) is 4.34 Å². The van der Waals surface area contributed by atoms with Gasteiger partial charge in [-0.3, -0.25) is 14.4 Å². The summed E-state index contributed by atoms with van der Waals surface area (Å²) < 4.78 is 31.6. The van der Waals surface area contributed by atoms with Crippen molar-refractivity contribution in [1.82, 2.24) is 0 Å². The van der Waals surface area contributed by atoms with Gasteiger partial charge in [0, 0.05) is 74.8 Å². The SMILES string of the molecule is CCC[I-]C.CCOC(=O)C(OC(C)(C)C)c1c(C)sc(-c2ccc(NC=O)cc2)c1C1=CCC(C)(C)CC1.CCOC(=O)C(OC(C)(C)C)c1c(C)sc(Cl)c1C1=CCC(C)(C)CC1.Cc1sc(-c2ccc(NC=O)cc2)c(C2=CCC(C)(C)CC2)c1C(OC(C)(C)C)C(=O)O.O=CNc1ccc(B(O)O)cc1. The number of carboxylic acids is 1. The van der Waals surface area contributed by atoms with Gasteiger partial charge in [0.2, 0.25) is 19.2 Å². The molecule has 0 fully saturated rings. The summed E-state index contributed by atoms with van der Waals surface area (Å²) in [5.41, 5.74) is 13.0. The summed E-state index contributed by atoms with van der Waals surface area (Å²) in [5.74, 6) is -1.68. The average molecular weight is 1690 g/mol. The van der Waals surface area contributed by atoms with Crippen LogP contribution in [0.3, 0.4) is 0 Å². The predicted molar refractivity (Wildman–Crippen MR) is 448 cm³/mol. The number of hydrogen-bond acceptors (Lipinski definition) is 16. The van der Waals surface area contributed by atoms with E-state index in [-0.39, 0.29) is 22.8 Å². The zero-order chi connectivity index (χ0) is 81.6. The normalized spacial score (nSPS) is 15.9. The number of carbonyl (C=O) groups is 6. The number of aryl methyl sites for hydroxylation is 3. The van der Waals surface area contributed by atoms with Gasteiger partial charge in [0.15, 0.2) is 18.3 Å². The number of ether oxygens (including phenoxy) is 5. The molecule has 0 saturated carbocycles. The zero-order valence-electron chi connectivity index (χ0n) is 68.2. The van der Waals surface area contributed by atoms with Gasteiger partial charge in [-0.1, -0.05) is 108 Å². The summed E-state index contributed by atoms with van der Waals surface area (Å²) in [6, 6.07) is 21.7. The number of amides is 3. The molecule has 23 heteroatoms. The van der Waals surface area contributed by atoms with Crippen LogP contribution in [-0.2, 0) is 52.5 Å². The van der Waals surface area contributed by atoms with Crippen LogP contribution in [0.2, 0.25) is 4.34 Å². The van der Waals surface area contributed by atoms with E-state index in [1.807, 2.05) is 139 Å². The first-order valence-electron chi connectivity index (χ1n) is 37.4. The number of allylic oxidation sites excluding steroid dienone is 6. The first-order chi connectivity index (χ1) is 51.0. The molecule has 0 spiro atoms. The van der Waals surface area contributed by atoms with E-state index in [1.54, 1.807) is 34.8 Å². The van der Waals surface area contributed by atoms with Gasteiger partial charge >= 0.3 is 68.9 Å². The maximum Gasteiger partial charge on any atom is 0.488 e. The summed E-state index contributed by atoms with van der Waals surface area (Å²) in [6.07, 6.45) is 16.6. The van der Waals surface area contributed by atoms with Gasteiger partial charge in [-0.2, -0.15) is 0 Å². The van der Waals surface area contributed by atoms with Crippen LogP contribution in [0, 0.1) is 37.0 Å². The van der Waals surface area contributed by atoms with Crippen LogP contribution in [0.25, 0.3) is 37.6 Å². The molecule has 6 aromatic rings. The van der Waals surface area contributed by atoms with Crippen LogP contribution in [0.15, 0.2) is 91.0 Å². The summed E-state index contributed by atoms with van der Waals surface area (Å²) in [7, 11) is -1.46. The minimum atomic E-state index is -1.46. The molecule has 0 aliphatic heterocycles. The maximum absolute atomic E-state index is 13.2. The Bertz CT molecular complexity index is 4090. The summed E-state index contributed by atoms with van der Waals surface area (Å²) >= 11 is 12.0. The van der Waals surface area contributed by atoms with Crippen LogP contribution in [0.4, 0.5) is 17.1 Å². The Hall–Kier alpha value is -6.32. The largest absolute Gasteiger partial charge is 0.488 e. The molecule has 17 nitrogen and oxygen atoms in total. The van der Waals surface area contributed by atoms with E-state index in [1.165, 1.54) is 51.0 Å². The molecule has 3 amide bonds. The van der Waals surface area contributed by atoms with Crippen molar-refractivity contribution in [2.24, 2.45) is 16.2 Å². The van der Waals surface area contributed by atoms with E-state index >= 15 is 0 Å². The number of aliphatic carboxylic acids is 1. The monoisotopic (exact) mass is 1690 g/mol. The van der Waals surface area contributed by atoms with Crippen molar-refractivity contribution >= 4 is 129 Å². The quantitative estimate of drug-likeness (QED) is 0.0103. The Balaban J connectivity index is 0.000000265. The molecule has 3 unspecified atom stereocenters. The molecule has 109 heavy (non-hydrogen) atoms. The summed E-state index contributed by atoms with van der Waals surface area (Å²) in [5, 5.41) is 35.3. The van der Waals surface area contributed by atoms with Crippen molar-refractivity contribution in [2.45, 2.75) is 245 Å². The van der Waals surface area contributed by atoms with Crippen LogP contribution in [0.1, 0.15) is 255 Å². The third kappa shape index (κ3) is 28.7. The Labute approximate surface area is 676 Å². The predicted octanol–water partition coefficient (Wildman–Crippen LogP) is 17.9. The van der Waals surface area contributed by atoms with Crippen LogP contribution < -0.4 is 42.6 Å². The van der Waals surface area contributed by atoms with Crippen molar-refractivity contribution in [3.05, 3.63) is 143 Å². The molecule has 0 bridgehead atoms. The molecular weight excluding hydrogens is 1570 g/mol. The summed E-state index contributed by atoms with van der Waals surface area (Å²) in [4.78, 5) is 77.3. The number of carboxylic acid groups (broad SMARTS) is 1. The smallest absolute Gasteiger partial charge is 0.479 e. The molecule has 3 heterocycles. The van der Waals surface area contributed by atoms with E-state index in [2.05, 4.69) is 94.5 Å². The van der Waals surface area contributed by atoms with E-state index in [4.69, 9.17) is 45.3 Å². The number of hydrogen-bond donors (Lipinski definition) is 6. The topological polar surface area (TPSA) is 245 Å². The third-order valence-electron chi connectivity index (χ3n) is 18.2. The Morgan fingerprint density at radius 3 is 1.11 bits per heavy atom. The Morgan fingerprint density at radius 1 is 0.523 bits per heavy atom. The number of alkyl halides is 2. The number of anilines is 3. The van der Waals surface area contributed by atoms with Crippen molar-refractivity contribution in [1.29, 1.82) is 0 Å². The third-order valence-corrected chi connectivity index (χ3v) is 24.0. The second kappa shape index (κ2) is 42.0. The second-order valence-corrected chi connectivity index (χ2v) is 39.5. The Kier molecular flexibility index (Phi) is 35.9. The number of halogens is 2. The standard InChI is InChI=1S/C28H37NO4S.C26H33NO4S.C21H31ClO3S.C7H8BNO3.C4H10I/c1-8-32-26(31)24(33-27(3,4)5)22-18(2)34-25(20-9-11-21(12-10-20)29-17-30)23(22)19-13-15-28(6,7)16-14-19;1-16-20(22(24(29)30)31-25(2,3)4)21(17-11-13-26(5,6)14-12-17)23(32-16)18-7-9-19(10-8-18)27-15-28;1-8-24-19(23)17(25-20(3,4)5)15-13(2)26-18(22)16(15)14-9-11-21(6,7)12-10-14;10-5-9-7-3-1-6(2-4-7)8(11)12;1-3-4-5-2/h9-13,17,24H,8,14-16H2,1-7H3,(H,29,30);7-11,15,22H,12-14H2,1-6H3,(H,27,28)(H,29,30);9,17H,8,10-12H2,1-7H3;1-5,11-12H,(H,9,10);3-4H2,1-2H3/q;;;;-1. The van der Waals surface area contributed by atoms with E-state index in [0.29, 0.717) is 70.2 Å². The fourth-order valence-electron chi connectivity index (χ4n) is 12.6. The van der Waals surface area contributed by atoms with Gasteiger partial charge in [-0.25, -0.2) is 14.4 Å². The van der Waals surface area contributed by atoms with Gasteiger partial charge < -0.3 is 54.8 Å². The maximum atomic E-state index is 13.2. The Morgan fingerprint density at radius 2 is 0.835 bits per heavy atom. The number of nitrogens with one attached hydrogen (secondary N) is 3.